The lowest BCUT2D eigenvalue weighted by molar-refractivity contribution is -0.118. The van der Waals surface area contributed by atoms with Gasteiger partial charge in [0.2, 0.25) is 5.91 Å². The fourth-order valence-electron chi connectivity index (χ4n) is 4.07. The van der Waals surface area contributed by atoms with Crippen molar-refractivity contribution in [3.63, 3.8) is 0 Å². The van der Waals surface area contributed by atoms with Gasteiger partial charge in [0, 0.05) is 11.6 Å². The molecule has 8 nitrogen and oxygen atoms in total. The molecule has 0 saturated heterocycles. The van der Waals surface area contributed by atoms with Crippen molar-refractivity contribution >= 4 is 45.2 Å². The normalized spacial score (nSPS) is 16.1. The average Bonchev–Trinajstić information content (AvgIpc) is 3.44. The Balaban J connectivity index is 1.82. The van der Waals surface area contributed by atoms with Gasteiger partial charge in [-0.05, 0) is 43.9 Å². The predicted octanol–water partition coefficient (Wildman–Crippen LogP) is 4.74. The van der Waals surface area contributed by atoms with E-state index in [1.807, 2.05) is 0 Å². The van der Waals surface area contributed by atoms with Gasteiger partial charge in [-0.3, -0.25) is 9.36 Å². The Morgan fingerprint density at radius 1 is 1.18 bits per heavy atom. The summed E-state index contributed by atoms with van der Waals surface area (Å²) in [6.07, 6.45) is 6.32. The van der Waals surface area contributed by atoms with E-state index in [0.29, 0.717) is 17.5 Å². The van der Waals surface area contributed by atoms with Crippen molar-refractivity contribution in [3.05, 3.63) is 35.2 Å². The van der Waals surface area contributed by atoms with E-state index in [0.717, 1.165) is 48.8 Å². The molecule has 2 aromatic rings. The molecule has 1 aliphatic rings. The fraction of sp³-hybridized carbons (Fsp3) is 0.545. The van der Waals surface area contributed by atoms with E-state index in [1.54, 1.807) is 43.5 Å². The first-order chi connectivity index (χ1) is 15.7. The van der Waals surface area contributed by atoms with Crippen LogP contribution in [0.4, 0.5) is 5.13 Å². The Kier molecular flexibility index (Phi) is 8.86. The van der Waals surface area contributed by atoms with Crippen LogP contribution in [-0.2, 0) is 28.2 Å². The van der Waals surface area contributed by atoms with Crippen molar-refractivity contribution in [1.82, 2.24) is 4.98 Å². The molecule has 33 heavy (non-hydrogen) atoms. The number of thiazole rings is 1. The molecule has 1 saturated carbocycles. The van der Waals surface area contributed by atoms with Gasteiger partial charge in [-0.2, -0.15) is 0 Å². The topological polar surface area (TPSA) is 112 Å². The van der Waals surface area contributed by atoms with Crippen molar-refractivity contribution in [2.45, 2.75) is 56.8 Å². The van der Waals surface area contributed by atoms with E-state index in [2.05, 4.69) is 10.3 Å². The van der Waals surface area contributed by atoms with Crippen molar-refractivity contribution in [2.75, 3.05) is 24.8 Å². The van der Waals surface area contributed by atoms with E-state index >= 15 is 0 Å². The molecule has 0 spiro atoms. The zero-order valence-electron chi connectivity index (χ0n) is 19.2. The highest BCUT2D eigenvalue weighted by atomic mass is 32.2. The van der Waals surface area contributed by atoms with E-state index in [1.165, 1.54) is 0 Å². The fourth-order valence-corrected chi connectivity index (χ4v) is 7.27. The summed E-state index contributed by atoms with van der Waals surface area (Å²) in [5.74, 6) is -0.226. The smallest absolute Gasteiger partial charge is 0.304 e. The summed E-state index contributed by atoms with van der Waals surface area (Å²) in [4.78, 5) is 17.8. The van der Waals surface area contributed by atoms with E-state index in [9.17, 15) is 17.8 Å². The van der Waals surface area contributed by atoms with Gasteiger partial charge < -0.3 is 14.4 Å². The van der Waals surface area contributed by atoms with E-state index < -0.39 is 23.4 Å². The van der Waals surface area contributed by atoms with Gasteiger partial charge in [0.05, 0.1) is 24.0 Å². The molecule has 1 heterocycles. The highest BCUT2D eigenvalue weighted by Gasteiger charge is 2.31. The summed E-state index contributed by atoms with van der Waals surface area (Å²) in [6, 6.07) is 6.51. The minimum atomic E-state index is -3.53. The quantitative estimate of drug-likeness (QED) is 0.431. The zero-order chi connectivity index (χ0) is 24.1. The Bertz CT molecular complexity index is 1080. The molecule has 0 unspecified atom stereocenters. The first-order valence-corrected chi connectivity index (χ1v) is 15.4. The molecule has 0 radical (unpaired) electrons. The number of rotatable bonds is 11. The molecular weight excluding hydrogens is 483 g/mol. The number of hydrogen-bond donors (Lipinski definition) is 1. The lowest BCUT2D eigenvalue weighted by atomic mass is 9.87. The van der Waals surface area contributed by atoms with Gasteiger partial charge in [-0.15, -0.1) is 11.3 Å². The van der Waals surface area contributed by atoms with Crippen LogP contribution in [0.5, 0.6) is 0 Å². The minimum absolute atomic E-state index is 0.177. The van der Waals surface area contributed by atoms with Crippen molar-refractivity contribution < 1.29 is 26.8 Å². The molecule has 1 N–H and O–H groups in total. The first-order valence-electron chi connectivity index (χ1n) is 11.1. The number of nitrogens with one attached hydrogen (secondary N) is 1. The predicted molar refractivity (Wildman–Crippen MR) is 130 cm³/mol. The van der Waals surface area contributed by atoms with Crippen LogP contribution in [-0.4, -0.2) is 38.8 Å². The summed E-state index contributed by atoms with van der Waals surface area (Å²) >= 11 is 1.16. The van der Waals surface area contributed by atoms with Crippen molar-refractivity contribution in [2.24, 2.45) is 5.92 Å². The second-order valence-corrected chi connectivity index (χ2v) is 13.0. The molecule has 1 fully saturated rings. The molecule has 3 rings (SSSR count). The van der Waals surface area contributed by atoms with Crippen LogP contribution in [0.15, 0.2) is 34.5 Å². The van der Waals surface area contributed by atoms with Crippen LogP contribution in [0.25, 0.3) is 0 Å². The molecule has 1 aliphatic carbocycles. The Labute approximate surface area is 199 Å². The van der Waals surface area contributed by atoms with E-state index in [-0.39, 0.29) is 29.5 Å². The van der Waals surface area contributed by atoms with Crippen LogP contribution in [0.1, 0.15) is 57.4 Å². The maximum atomic E-state index is 13.3. The first kappa shape index (κ1) is 26.0. The SMILES string of the molecule is CCOP(=O)(OCC)c1csc(NC(=O)[C@H](CC2CCCC2)c2ccc(S(C)(=O)=O)cc2)n1. The molecule has 182 valence electrons. The number of anilines is 1. The Morgan fingerprint density at radius 3 is 2.33 bits per heavy atom. The highest BCUT2D eigenvalue weighted by molar-refractivity contribution is 7.90. The number of benzene rings is 1. The number of sulfone groups is 1. The van der Waals surface area contributed by atoms with E-state index in [4.69, 9.17) is 9.05 Å². The Hall–Kier alpha value is -1.58. The maximum absolute atomic E-state index is 13.3. The molecule has 11 heteroatoms. The van der Waals surface area contributed by atoms with Crippen molar-refractivity contribution in [1.29, 1.82) is 0 Å². The second-order valence-electron chi connectivity index (χ2n) is 8.11. The third-order valence-electron chi connectivity index (χ3n) is 5.67. The van der Waals surface area contributed by atoms with Gasteiger partial charge in [0.25, 0.3) is 0 Å². The van der Waals surface area contributed by atoms with Gasteiger partial charge in [0.1, 0.15) is 0 Å². The number of carbonyl (C=O) groups is 1. The molecule has 0 bridgehead atoms. The number of carbonyl (C=O) groups excluding carboxylic acids is 1. The lowest BCUT2D eigenvalue weighted by Crippen LogP contribution is -2.23. The lowest BCUT2D eigenvalue weighted by Gasteiger charge is -2.20. The second kappa shape index (κ2) is 11.2. The van der Waals surface area contributed by atoms with Crippen LogP contribution < -0.4 is 10.8 Å². The maximum Gasteiger partial charge on any atom is 0.380 e. The molecule has 1 atom stereocenters. The van der Waals surface area contributed by atoms with Crippen LogP contribution >= 0.6 is 18.9 Å². The monoisotopic (exact) mass is 514 g/mol. The molecule has 0 aliphatic heterocycles. The summed E-state index contributed by atoms with van der Waals surface area (Å²) in [5, 5.41) is 4.75. The highest BCUT2D eigenvalue weighted by Crippen LogP contribution is 2.47. The number of amides is 1. The molecule has 1 aromatic heterocycles. The third kappa shape index (κ3) is 6.73. The third-order valence-corrected chi connectivity index (χ3v) is 9.72. The van der Waals surface area contributed by atoms with Crippen LogP contribution in [0.3, 0.4) is 0 Å². The van der Waals surface area contributed by atoms with Gasteiger partial charge in [-0.25, -0.2) is 13.4 Å². The summed E-state index contributed by atoms with van der Waals surface area (Å²) in [7, 11) is -6.85. The van der Waals surface area contributed by atoms with Crippen molar-refractivity contribution in [3.8, 4) is 0 Å². The average molecular weight is 515 g/mol. The number of hydrogen-bond acceptors (Lipinski definition) is 8. The van der Waals surface area contributed by atoms with Gasteiger partial charge >= 0.3 is 7.60 Å². The Morgan fingerprint density at radius 2 is 1.79 bits per heavy atom. The summed E-state index contributed by atoms with van der Waals surface area (Å²) < 4.78 is 47.2. The molecule has 1 amide bonds. The standard InChI is InChI=1S/C22H31N2O6PS2/c1-4-29-31(26,30-5-2)20-15-32-22(23-20)24-21(25)19(14-16-8-6-7-9-16)17-10-12-18(13-11-17)33(3,27)28/h10-13,15-16,19H,4-9,14H2,1-3H3,(H,23,24,25)/t19-/m1/s1. The zero-order valence-corrected chi connectivity index (χ0v) is 21.7. The largest absolute Gasteiger partial charge is 0.380 e. The summed E-state index contributed by atoms with van der Waals surface area (Å²) in [6.45, 7) is 3.87. The van der Waals surface area contributed by atoms with Crippen LogP contribution in [0, 0.1) is 5.92 Å². The molecule has 1 aromatic carbocycles. The van der Waals surface area contributed by atoms with Crippen LogP contribution in [0.2, 0.25) is 0 Å². The summed E-state index contributed by atoms with van der Waals surface area (Å²) in [5.41, 5.74) is 0.939. The van der Waals surface area contributed by atoms with Gasteiger partial charge in [0.15, 0.2) is 20.4 Å². The number of nitrogens with zero attached hydrogens (tertiary/aromatic N) is 1. The van der Waals surface area contributed by atoms with Gasteiger partial charge in [-0.1, -0.05) is 37.8 Å². The molecular formula is C22H31N2O6PS2. The minimum Gasteiger partial charge on any atom is -0.304 e. The number of aromatic nitrogens is 1.